The van der Waals surface area contributed by atoms with Crippen LogP contribution in [0.5, 0.6) is 0 Å². The lowest BCUT2D eigenvalue weighted by Gasteiger charge is -2.15. The van der Waals surface area contributed by atoms with Crippen molar-refractivity contribution in [2.24, 2.45) is 16.3 Å². The van der Waals surface area contributed by atoms with Crippen molar-refractivity contribution >= 4 is 16.9 Å². The Morgan fingerprint density at radius 2 is 2.20 bits per heavy atom. The summed E-state index contributed by atoms with van der Waals surface area (Å²) in [6, 6.07) is 8.10. The number of amides is 1. The van der Waals surface area contributed by atoms with Crippen LogP contribution in [-0.4, -0.2) is 32.2 Å². The van der Waals surface area contributed by atoms with Gasteiger partial charge in [-0.1, -0.05) is 31.2 Å². The fraction of sp³-hybridized carbons (Fsp3) is 0.412. The molecule has 0 aliphatic carbocycles. The molecule has 2 aromatic rings. The monoisotopic (exact) mass is 342 g/mol. The van der Waals surface area contributed by atoms with Gasteiger partial charge < -0.3 is 4.57 Å². The van der Waals surface area contributed by atoms with E-state index >= 15 is 0 Å². The van der Waals surface area contributed by atoms with E-state index in [1.165, 1.54) is 0 Å². The molecule has 8 heteroatoms. The largest absolute Gasteiger partial charge is 0.326 e. The number of hydrogen-bond donors (Lipinski definition) is 2. The Morgan fingerprint density at radius 1 is 1.40 bits per heavy atom. The number of nitrogens with zero attached hydrogens (tertiary/aromatic N) is 5. The highest BCUT2D eigenvalue weighted by Gasteiger charge is 2.18. The molecule has 0 unspecified atom stereocenters. The first kappa shape index (κ1) is 17.1. The molecule has 3 rings (SSSR count). The fourth-order valence-corrected chi connectivity index (χ4v) is 2.80. The van der Waals surface area contributed by atoms with E-state index in [0.717, 1.165) is 23.4 Å². The minimum Gasteiger partial charge on any atom is -0.326 e. The van der Waals surface area contributed by atoms with E-state index in [4.69, 9.17) is 10.2 Å². The number of aromatic nitrogens is 2. The minimum absolute atomic E-state index is 0.0740. The van der Waals surface area contributed by atoms with Gasteiger partial charge in [0, 0.05) is 13.0 Å². The van der Waals surface area contributed by atoms with Crippen LogP contribution in [0.25, 0.3) is 11.0 Å². The molecule has 1 aliphatic rings. The number of hydroxylamine groups is 1. The Kier molecular flexibility index (Phi) is 5.08. The molecule has 1 amide bonds. The summed E-state index contributed by atoms with van der Waals surface area (Å²) in [4.78, 5) is 15.8. The molecule has 0 spiro atoms. The first-order valence-corrected chi connectivity index (χ1v) is 8.29. The van der Waals surface area contributed by atoms with Crippen molar-refractivity contribution in [3.05, 3.63) is 41.9 Å². The number of rotatable bonds is 6. The summed E-state index contributed by atoms with van der Waals surface area (Å²) in [6.45, 7) is 6.32. The number of nitrogens with one attached hydrogen (secondary N) is 1. The van der Waals surface area contributed by atoms with Crippen LogP contribution in [0, 0.1) is 5.92 Å². The van der Waals surface area contributed by atoms with Crippen LogP contribution in [0.15, 0.2) is 46.4 Å². The lowest BCUT2D eigenvalue weighted by Crippen LogP contribution is -2.19. The fourth-order valence-electron chi connectivity index (χ4n) is 2.80. The average Bonchev–Trinajstić information content (AvgIpc) is 3.18. The Bertz CT molecular complexity index is 824. The number of benzene rings is 1. The Hall–Kier alpha value is -2.74. The molecule has 0 saturated carbocycles. The van der Waals surface area contributed by atoms with Crippen LogP contribution in [0.4, 0.5) is 0 Å². The number of imidazole rings is 1. The van der Waals surface area contributed by atoms with Crippen molar-refractivity contribution in [1.82, 2.24) is 20.0 Å². The van der Waals surface area contributed by atoms with Gasteiger partial charge in [-0.2, -0.15) is 0 Å². The average molecular weight is 342 g/mol. The lowest BCUT2D eigenvalue weighted by molar-refractivity contribution is -0.128. The van der Waals surface area contributed by atoms with Gasteiger partial charge in [0.1, 0.15) is 5.82 Å². The van der Waals surface area contributed by atoms with E-state index in [1.807, 2.05) is 23.2 Å². The van der Waals surface area contributed by atoms with E-state index in [2.05, 4.69) is 34.8 Å². The van der Waals surface area contributed by atoms with E-state index < -0.39 is 5.91 Å². The van der Waals surface area contributed by atoms with Crippen LogP contribution in [-0.2, 0) is 17.9 Å². The van der Waals surface area contributed by atoms with Crippen molar-refractivity contribution in [3.63, 3.8) is 0 Å². The third-order valence-corrected chi connectivity index (χ3v) is 3.90. The number of hydrogen-bond acceptors (Lipinski definition) is 6. The van der Waals surface area contributed by atoms with Gasteiger partial charge in [0.2, 0.25) is 5.91 Å². The maximum Gasteiger partial charge on any atom is 0.247 e. The Balaban J connectivity index is 1.75. The second kappa shape index (κ2) is 7.43. The van der Waals surface area contributed by atoms with E-state index in [1.54, 1.807) is 11.6 Å². The molecule has 1 aromatic carbocycles. The molecule has 0 fully saturated rings. The van der Waals surface area contributed by atoms with Gasteiger partial charge in [0.25, 0.3) is 0 Å². The van der Waals surface area contributed by atoms with Gasteiger partial charge in [-0.3, -0.25) is 15.0 Å². The zero-order valence-electron chi connectivity index (χ0n) is 14.4. The molecule has 0 bridgehead atoms. The summed E-state index contributed by atoms with van der Waals surface area (Å²) in [7, 11) is 0. The second-order valence-electron chi connectivity index (χ2n) is 6.47. The van der Waals surface area contributed by atoms with Crippen molar-refractivity contribution < 1.29 is 10.0 Å². The van der Waals surface area contributed by atoms with E-state index in [-0.39, 0.29) is 6.42 Å². The van der Waals surface area contributed by atoms with Crippen LogP contribution in [0.1, 0.15) is 26.1 Å². The molecule has 1 aliphatic heterocycles. The molecule has 8 nitrogen and oxygen atoms in total. The highest BCUT2D eigenvalue weighted by Crippen LogP contribution is 2.21. The van der Waals surface area contributed by atoms with Gasteiger partial charge in [-0.25, -0.2) is 10.5 Å². The van der Waals surface area contributed by atoms with Crippen LogP contribution >= 0.6 is 0 Å². The van der Waals surface area contributed by atoms with Crippen molar-refractivity contribution in [3.8, 4) is 0 Å². The standard InChI is InChI=1S/C17H22N6O2/c1-12(2)9-23-15-6-4-3-5-14(15)18-16(23)11-22-10-13(19-21-22)7-8-17(24)20-25/h3-7,12,25H,8-11H2,1-2H3,(H,20,24)/b13-7-. The van der Waals surface area contributed by atoms with Crippen LogP contribution < -0.4 is 5.48 Å². The molecule has 132 valence electrons. The summed E-state index contributed by atoms with van der Waals surface area (Å²) in [5, 5.41) is 18.6. The summed E-state index contributed by atoms with van der Waals surface area (Å²) >= 11 is 0. The molecule has 0 atom stereocenters. The second-order valence-corrected chi connectivity index (χ2v) is 6.47. The smallest absolute Gasteiger partial charge is 0.247 e. The Labute approximate surface area is 145 Å². The zero-order valence-corrected chi connectivity index (χ0v) is 14.4. The van der Waals surface area contributed by atoms with Crippen LogP contribution in [0.2, 0.25) is 0 Å². The highest BCUT2D eigenvalue weighted by atomic mass is 16.5. The SMILES string of the molecule is CC(C)Cn1c(CN2C/C(=C/CC(=O)NO)N=N2)nc2ccccc21. The van der Waals surface area contributed by atoms with Gasteiger partial charge >= 0.3 is 0 Å². The van der Waals surface area contributed by atoms with Gasteiger partial charge in [0.05, 0.1) is 29.8 Å². The summed E-state index contributed by atoms with van der Waals surface area (Å²) < 4.78 is 2.23. The first-order valence-electron chi connectivity index (χ1n) is 8.29. The molecule has 25 heavy (non-hydrogen) atoms. The van der Waals surface area contributed by atoms with Crippen molar-refractivity contribution in [2.45, 2.75) is 33.4 Å². The van der Waals surface area contributed by atoms with Crippen molar-refractivity contribution in [2.75, 3.05) is 6.54 Å². The Morgan fingerprint density at radius 3 is 2.96 bits per heavy atom. The predicted molar refractivity (Wildman–Crippen MR) is 92.5 cm³/mol. The predicted octanol–water partition coefficient (Wildman–Crippen LogP) is 2.65. The molecular formula is C17H22N6O2. The highest BCUT2D eigenvalue weighted by molar-refractivity contribution is 5.76. The quantitative estimate of drug-likeness (QED) is 0.623. The number of fused-ring (bicyclic) bond motifs is 1. The topological polar surface area (TPSA) is 95.1 Å². The maximum absolute atomic E-state index is 11.1. The van der Waals surface area contributed by atoms with Crippen molar-refractivity contribution in [1.29, 1.82) is 0 Å². The minimum atomic E-state index is -0.472. The molecule has 0 saturated heterocycles. The summed E-state index contributed by atoms with van der Waals surface area (Å²) in [5.74, 6) is 0.979. The van der Waals surface area contributed by atoms with E-state index in [0.29, 0.717) is 24.7 Å². The molecule has 2 heterocycles. The first-order chi connectivity index (χ1) is 12.1. The molecule has 1 aromatic heterocycles. The molecule has 2 N–H and O–H groups in total. The zero-order chi connectivity index (χ0) is 17.8. The summed E-state index contributed by atoms with van der Waals surface area (Å²) in [6.07, 6.45) is 1.73. The number of carbonyl (C=O) groups is 1. The maximum atomic E-state index is 11.1. The van der Waals surface area contributed by atoms with E-state index in [9.17, 15) is 4.79 Å². The van der Waals surface area contributed by atoms with Crippen LogP contribution in [0.3, 0.4) is 0 Å². The third kappa shape index (κ3) is 4.03. The third-order valence-electron chi connectivity index (χ3n) is 3.90. The molecular weight excluding hydrogens is 320 g/mol. The number of para-hydroxylation sites is 2. The summed E-state index contributed by atoms with van der Waals surface area (Å²) in [5.41, 5.74) is 4.40. The number of carbonyl (C=O) groups excluding carboxylic acids is 1. The normalized spacial score (nSPS) is 15.7. The van der Waals surface area contributed by atoms with Gasteiger partial charge in [-0.15, -0.1) is 5.11 Å². The lowest BCUT2D eigenvalue weighted by atomic mass is 10.2. The van der Waals surface area contributed by atoms with Gasteiger partial charge in [-0.05, 0) is 24.1 Å². The van der Waals surface area contributed by atoms with Gasteiger partial charge in [0.15, 0.2) is 0 Å². The molecule has 0 radical (unpaired) electrons.